The summed E-state index contributed by atoms with van der Waals surface area (Å²) in [6, 6.07) is 4.31. The Bertz CT molecular complexity index is 532. The number of aromatic nitrogens is 2. The topological polar surface area (TPSA) is 84.6 Å². The lowest BCUT2D eigenvalue weighted by Crippen LogP contribution is -2.09. The van der Waals surface area contributed by atoms with Crippen molar-refractivity contribution in [3.8, 4) is 11.6 Å². The summed E-state index contributed by atoms with van der Waals surface area (Å²) < 4.78 is 5.68. The smallest absolute Gasteiger partial charge is 0.432 e. The van der Waals surface area contributed by atoms with E-state index in [1.54, 1.807) is 6.07 Å². The first kappa shape index (κ1) is 9.32. The first-order valence-corrected chi connectivity index (χ1v) is 4.12. The van der Waals surface area contributed by atoms with E-state index in [4.69, 9.17) is 9.84 Å². The zero-order chi connectivity index (χ0) is 11.0. The van der Waals surface area contributed by atoms with Crippen LogP contribution < -0.4 is 4.74 Å². The predicted molar refractivity (Wildman–Crippen MR) is 51.4 cm³/mol. The number of hydrogen-bond donors (Lipinski definition) is 2. The van der Waals surface area contributed by atoms with E-state index in [1.807, 2.05) is 0 Å². The molecule has 1 aromatic heterocycles. The van der Waals surface area contributed by atoms with E-state index in [-0.39, 0.29) is 11.6 Å². The number of fused-ring (bicyclic) bond motifs is 1. The molecule has 78 valence electrons. The van der Waals surface area contributed by atoms with E-state index in [9.17, 15) is 9.90 Å². The number of aromatic hydroxyl groups is 1. The van der Waals surface area contributed by atoms with Crippen molar-refractivity contribution >= 4 is 17.0 Å². The van der Waals surface area contributed by atoms with Crippen LogP contribution in [0.5, 0.6) is 11.6 Å². The van der Waals surface area contributed by atoms with Crippen LogP contribution >= 0.6 is 0 Å². The molecule has 0 aliphatic rings. The van der Waals surface area contributed by atoms with Crippen LogP contribution in [0.15, 0.2) is 18.2 Å². The molecule has 0 aliphatic carbocycles. The van der Waals surface area contributed by atoms with E-state index < -0.39 is 6.09 Å². The van der Waals surface area contributed by atoms with Gasteiger partial charge in [0, 0.05) is 6.07 Å². The zero-order valence-electron chi connectivity index (χ0n) is 7.84. The normalized spacial score (nSPS) is 10.5. The second kappa shape index (κ2) is 3.16. The van der Waals surface area contributed by atoms with Gasteiger partial charge in [-0.25, -0.2) is 4.79 Å². The van der Waals surface area contributed by atoms with Crippen LogP contribution in [0, 0.1) is 0 Å². The Labute approximate surface area is 84.3 Å². The summed E-state index contributed by atoms with van der Waals surface area (Å²) in [5.41, 5.74) is 0.291. The van der Waals surface area contributed by atoms with Crippen molar-refractivity contribution in [2.75, 3.05) is 7.11 Å². The van der Waals surface area contributed by atoms with Crippen LogP contribution in [0.3, 0.4) is 0 Å². The molecule has 2 rings (SSSR count). The van der Waals surface area contributed by atoms with Gasteiger partial charge in [0.25, 0.3) is 0 Å². The molecular weight excluding hydrogens is 200 g/mol. The Morgan fingerprint density at radius 3 is 2.87 bits per heavy atom. The number of hydrogen-bond acceptors (Lipinski definition) is 4. The molecule has 0 fully saturated rings. The minimum absolute atomic E-state index is 0.0208. The fraction of sp³-hybridized carbons (Fsp3) is 0.111. The number of methoxy groups -OCH3 is 1. The van der Waals surface area contributed by atoms with Gasteiger partial charge in [-0.1, -0.05) is 0 Å². The molecule has 0 saturated carbocycles. The molecule has 15 heavy (non-hydrogen) atoms. The van der Waals surface area contributed by atoms with Crippen LogP contribution in [0.4, 0.5) is 4.79 Å². The maximum atomic E-state index is 10.8. The van der Waals surface area contributed by atoms with Crippen molar-refractivity contribution in [2.45, 2.75) is 0 Å². The van der Waals surface area contributed by atoms with Crippen LogP contribution in [0.2, 0.25) is 0 Å². The molecule has 0 unspecified atom stereocenters. The van der Waals surface area contributed by atoms with Gasteiger partial charge in [-0.3, -0.25) is 0 Å². The Balaban J connectivity index is 2.81. The Morgan fingerprint density at radius 2 is 2.27 bits per heavy atom. The molecule has 2 N–H and O–H groups in total. The molecule has 0 bridgehead atoms. The Morgan fingerprint density at radius 1 is 1.53 bits per heavy atom. The lowest BCUT2D eigenvalue weighted by molar-refractivity contribution is 0.193. The van der Waals surface area contributed by atoms with Gasteiger partial charge in [-0.05, 0) is 12.1 Å². The van der Waals surface area contributed by atoms with E-state index in [0.717, 1.165) is 4.68 Å². The summed E-state index contributed by atoms with van der Waals surface area (Å²) in [7, 11) is 1.40. The molecule has 0 radical (unpaired) electrons. The molecule has 0 saturated heterocycles. The predicted octanol–water partition coefficient (Wildman–Crippen LogP) is 1.28. The van der Waals surface area contributed by atoms with Crippen molar-refractivity contribution in [2.24, 2.45) is 0 Å². The van der Waals surface area contributed by atoms with Crippen molar-refractivity contribution in [1.82, 2.24) is 9.78 Å². The van der Waals surface area contributed by atoms with Gasteiger partial charge in [0.05, 0.1) is 18.0 Å². The molecule has 1 aromatic carbocycles. The van der Waals surface area contributed by atoms with Gasteiger partial charge in [0.1, 0.15) is 5.75 Å². The van der Waals surface area contributed by atoms with Crippen LogP contribution in [-0.4, -0.2) is 33.2 Å². The minimum atomic E-state index is -1.23. The number of benzene rings is 1. The second-order valence-corrected chi connectivity index (χ2v) is 2.91. The number of rotatable bonds is 1. The quantitative estimate of drug-likeness (QED) is 0.737. The number of nitrogens with zero attached hydrogens (tertiary/aromatic N) is 2. The lowest BCUT2D eigenvalue weighted by atomic mass is 10.2. The van der Waals surface area contributed by atoms with Crippen molar-refractivity contribution in [1.29, 1.82) is 0 Å². The summed E-state index contributed by atoms with van der Waals surface area (Å²) >= 11 is 0. The third kappa shape index (κ3) is 1.35. The fourth-order valence-corrected chi connectivity index (χ4v) is 1.37. The van der Waals surface area contributed by atoms with Gasteiger partial charge in [0.2, 0.25) is 5.88 Å². The number of phenolic OH excluding ortho intramolecular Hbond substituents is 1. The SMILES string of the molecule is COc1nn(C(=O)O)c2cc(O)ccc12. The molecular formula is C9H8N2O4. The van der Waals surface area contributed by atoms with Gasteiger partial charge < -0.3 is 14.9 Å². The molecule has 1 heterocycles. The van der Waals surface area contributed by atoms with Crippen molar-refractivity contribution < 1.29 is 19.7 Å². The summed E-state index contributed by atoms with van der Waals surface area (Å²) in [5.74, 6) is 0.194. The van der Waals surface area contributed by atoms with Gasteiger partial charge in [-0.2, -0.15) is 4.68 Å². The molecule has 0 atom stereocenters. The average Bonchev–Trinajstić information content (AvgIpc) is 2.55. The van der Waals surface area contributed by atoms with E-state index in [0.29, 0.717) is 10.9 Å². The maximum absolute atomic E-state index is 10.8. The third-order valence-electron chi connectivity index (χ3n) is 2.01. The molecule has 0 spiro atoms. The molecule has 6 nitrogen and oxygen atoms in total. The van der Waals surface area contributed by atoms with Crippen molar-refractivity contribution in [3.63, 3.8) is 0 Å². The second-order valence-electron chi connectivity index (χ2n) is 2.91. The van der Waals surface area contributed by atoms with Crippen LogP contribution in [0.25, 0.3) is 10.9 Å². The van der Waals surface area contributed by atoms with Crippen molar-refractivity contribution in [3.05, 3.63) is 18.2 Å². The largest absolute Gasteiger partial charge is 0.508 e. The molecule has 6 heteroatoms. The monoisotopic (exact) mass is 208 g/mol. The minimum Gasteiger partial charge on any atom is -0.508 e. The summed E-state index contributed by atoms with van der Waals surface area (Å²) in [6.07, 6.45) is -1.23. The molecule has 0 amide bonds. The van der Waals surface area contributed by atoms with Gasteiger partial charge >= 0.3 is 6.09 Å². The summed E-state index contributed by atoms with van der Waals surface area (Å²) in [5, 5.41) is 22.4. The Hall–Kier alpha value is -2.24. The first-order chi connectivity index (χ1) is 7.13. The fourth-order valence-electron chi connectivity index (χ4n) is 1.37. The number of carbonyl (C=O) groups is 1. The van der Waals surface area contributed by atoms with Crippen LogP contribution in [-0.2, 0) is 0 Å². The summed E-state index contributed by atoms with van der Waals surface area (Å²) in [4.78, 5) is 10.8. The standard InChI is InChI=1S/C9H8N2O4/c1-15-8-6-3-2-5(12)4-7(6)11(10-8)9(13)14/h2-4,12H,1H3,(H,13,14). The van der Waals surface area contributed by atoms with E-state index >= 15 is 0 Å². The number of phenols is 1. The highest BCUT2D eigenvalue weighted by Gasteiger charge is 2.15. The lowest BCUT2D eigenvalue weighted by Gasteiger charge is -1.95. The zero-order valence-corrected chi connectivity index (χ0v) is 7.84. The van der Waals surface area contributed by atoms with Gasteiger partial charge in [0.15, 0.2) is 0 Å². The van der Waals surface area contributed by atoms with Gasteiger partial charge in [-0.15, -0.1) is 5.10 Å². The Kier molecular flexibility index (Phi) is 1.96. The number of carboxylic acid groups (broad SMARTS) is 1. The maximum Gasteiger partial charge on any atom is 0.432 e. The van der Waals surface area contributed by atoms with E-state index in [2.05, 4.69) is 5.10 Å². The molecule has 2 aromatic rings. The highest BCUT2D eigenvalue weighted by molar-refractivity contribution is 5.91. The highest BCUT2D eigenvalue weighted by Crippen LogP contribution is 2.27. The number of ether oxygens (including phenoxy) is 1. The van der Waals surface area contributed by atoms with E-state index in [1.165, 1.54) is 19.2 Å². The molecule has 0 aliphatic heterocycles. The first-order valence-electron chi connectivity index (χ1n) is 4.12. The third-order valence-corrected chi connectivity index (χ3v) is 2.01. The summed E-state index contributed by atoms with van der Waals surface area (Å²) in [6.45, 7) is 0. The average molecular weight is 208 g/mol. The van der Waals surface area contributed by atoms with Crippen LogP contribution in [0.1, 0.15) is 0 Å². The highest BCUT2D eigenvalue weighted by atomic mass is 16.5.